The van der Waals surface area contributed by atoms with E-state index in [1.807, 2.05) is 20.8 Å². The molecule has 0 aromatic heterocycles. The van der Waals surface area contributed by atoms with Gasteiger partial charge >= 0.3 is 0 Å². The Hall–Kier alpha value is -3.27. The van der Waals surface area contributed by atoms with Gasteiger partial charge in [-0.1, -0.05) is 60.0 Å². The van der Waals surface area contributed by atoms with E-state index in [1.165, 1.54) is 24.1 Å². The minimum atomic E-state index is -4.19. The van der Waals surface area contributed by atoms with Gasteiger partial charge in [0.05, 0.1) is 17.7 Å². The number of nitrogens with one attached hydrogen (secondary N) is 1. The second kappa shape index (κ2) is 14.1. The van der Waals surface area contributed by atoms with Crippen molar-refractivity contribution in [2.24, 2.45) is 0 Å². The summed E-state index contributed by atoms with van der Waals surface area (Å²) < 4.78 is 34.2. The Bertz CT molecular complexity index is 1480. The van der Waals surface area contributed by atoms with Crippen LogP contribution in [0.4, 0.5) is 5.69 Å². The summed E-state index contributed by atoms with van der Waals surface area (Å²) in [7, 11) is -2.72. The van der Waals surface area contributed by atoms with E-state index >= 15 is 0 Å². The lowest BCUT2D eigenvalue weighted by atomic mass is 10.1. The molecule has 0 radical (unpaired) electrons. The molecular weight excluding hydrogens is 585 g/mol. The molecule has 0 spiro atoms. The predicted octanol–water partition coefficient (Wildman–Crippen LogP) is 5.84. The molecule has 2 unspecified atom stereocenters. The van der Waals surface area contributed by atoms with Gasteiger partial charge in [0.1, 0.15) is 18.3 Å². The lowest BCUT2D eigenvalue weighted by Crippen LogP contribution is -2.52. The first-order valence-corrected chi connectivity index (χ1v) is 15.3. The predicted molar refractivity (Wildman–Crippen MR) is 163 cm³/mol. The van der Waals surface area contributed by atoms with Crippen LogP contribution < -0.4 is 14.4 Å². The van der Waals surface area contributed by atoms with E-state index < -0.39 is 28.5 Å². The molecule has 0 aliphatic rings. The maximum absolute atomic E-state index is 14.0. The number of methoxy groups -OCH3 is 1. The molecule has 0 saturated carbocycles. The van der Waals surface area contributed by atoms with Gasteiger partial charge in [-0.25, -0.2) is 8.42 Å². The summed E-state index contributed by atoms with van der Waals surface area (Å²) in [5.74, 6) is -0.543. The minimum Gasteiger partial charge on any atom is -0.497 e. The fourth-order valence-electron chi connectivity index (χ4n) is 4.01. The molecule has 2 atom stereocenters. The van der Waals surface area contributed by atoms with Gasteiger partial charge < -0.3 is 15.0 Å². The number of aryl methyl sites for hydroxylation is 1. The molecule has 3 aromatic rings. The summed E-state index contributed by atoms with van der Waals surface area (Å²) >= 11 is 12.5. The summed E-state index contributed by atoms with van der Waals surface area (Å²) in [5, 5.41) is 3.65. The van der Waals surface area contributed by atoms with Crippen molar-refractivity contribution in [2.45, 2.75) is 57.6 Å². The van der Waals surface area contributed by atoms with Crippen LogP contribution in [0.3, 0.4) is 0 Å². The highest BCUT2D eigenvalue weighted by atomic mass is 35.5. The molecule has 11 heteroatoms. The highest BCUT2D eigenvalue weighted by molar-refractivity contribution is 7.92. The number of nitrogens with zero attached hydrogens (tertiary/aromatic N) is 2. The van der Waals surface area contributed by atoms with Crippen molar-refractivity contribution < 1.29 is 22.7 Å². The number of benzene rings is 3. The molecule has 0 heterocycles. The number of halogens is 2. The van der Waals surface area contributed by atoms with Crippen LogP contribution in [0.25, 0.3) is 0 Å². The molecule has 8 nitrogen and oxygen atoms in total. The number of sulfonamides is 1. The molecule has 41 heavy (non-hydrogen) atoms. The van der Waals surface area contributed by atoms with E-state index in [0.717, 1.165) is 9.87 Å². The highest BCUT2D eigenvalue weighted by Gasteiger charge is 2.33. The third-order valence-electron chi connectivity index (χ3n) is 6.75. The van der Waals surface area contributed by atoms with Crippen LogP contribution in [-0.4, -0.2) is 50.9 Å². The first-order chi connectivity index (χ1) is 19.4. The second-order valence-electron chi connectivity index (χ2n) is 9.78. The van der Waals surface area contributed by atoms with Crippen LogP contribution in [0.1, 0.15) is 38.3 Å². The summed E-state index contributed by atoms with van der Waals surface area (Å²) in [4.78, 5) is 28.6. The Balaban J connectivity index is 2.07. The summed E-state index contributed by atoms with van der Waals surface area (Å²) in [6.45, 7) is 6.64. The molecule has 3 rings (SSSR count). The van der Waals surface area contributed by atoms with E-state index in [1.54, 1.807) is 61.5 Å². The fourth-order valence-corrected chi connectivity index (χ4v) is 5.89. The van der Waals surface area contributed by atoms with E-state index in [4.69, 9.17) is 27.9 Å². The number of rotatable bonds is 12. The van der Waals surface area contributed by atoms with Gasteiger partial charge in [0.15, 0.2) is 0 Å². The van der Waals surface area contributed by atoms with Gasteiger partial charge in [-0.05, 0) is 69.2 Å². The van der Waals surface area contributed by atoms with Gasteiger partial charge in [0.2, 0.25) is 11.8 Å². The third-order valence-corrected chi connectivity index (χ3v) is 9.13. The Morgan fingerprint density at radius 3 is 2.29 bits per heavy atom. The minimum absolute atomic E-state index is 0.0218. The zero-order chi connectivity index (χ0) is 30.3. The smallest absolute Gasteiger partial charge is 0.264 e. The van der Waals surface area contributed by atoms with Crippen LogP contribution in [0.2, 0.25) is 10.0 Å². The molecular formula is C30H35Cl2N3O5S. The van der Waals surface area contributed by atoms with Crippen LogP contribution in [0, 0.1) is 6.92 Å². The van der Waals surface area contributed by atoms with Crippen molar-refractivity contribution in [1.82, 2.24) is 10.2 Å². The quantitative estimate of drug-likeness (QED) is 0.275. The number of carbonyl (C=O) groups is 2. The standard InChI is InChI=1S/C30H35Cl2N3O5S/c1-6-21(3)33-30(37)22(4)34(18-23-12-13-24(31)16-28(23)32)29(36)19-35(25-8-7-9-26(17-25)40-5)41(38,39)27-14-10-20(2)11-15-27/h7-17,21-22H,6,18-19H2,1-5H3,(H,33,37). The van der Waals surface area contributed by atoms with Crippen LogP contribution in [0.15, 0.2) is 71.6 Å². The van der Waals surface area contributed by atoms with Crippen LogP contribution in [-0.2, 0) is 26.2 Å². The molecule has 1 N–H and O–H groups in total. The van der Waals surface area contributed by atoms with Crippen LogP contribution in [0.5, 0.6) is 5.75 Å². The second-order valence-corrected chi connectivity index (χ2v) is 12.5. The first-order valence-electron chi connectivity index (χ1n) is 13.1. The SMILES string of the molecule is CCC(C)NC(=O)C(C)N(Cc1ccc(Cl)cc1Cl)C(=O)CN(c1cccc(OC)c1)S(=O)(=O)c1ccc(C)cc1. The van der Waals surface area contributed by atoms with E-state index in [2.05, 4.69) is 5.32 Å². The normalized spacial score (nSPS) is 12.8. The number of carbonyl (C=O) groups excluding carboxylic acids is 2. The van der Waals surface area contributed by atoms with E-state index in [9.17, 15) is 18.0 Å². The number of ether oxygens (including phenoxy) is 1. The van der Waals surface area contributed by atoms with Crippen molar-refractivity contribution in [3.05, 3.63) is 87.9 Å². The average molecular weight is 621 g/mol. The van der Waals surface area contributed by atoms with Crippen molar-refractivity contribution in [2.75, 3.05) is 18.0 Å². The van der Waals surface area contributed by atoms with Gasteiger partial charge in [-0.2, -0.15) is 0 Å². The molecule has 220 valence electrons. The lowest BCUT2D eigenvalue weighted by Gasteiger charge is -2.32. The third kappa shape index (κ3) is 8.15. The van der Waals surface area contributed by atoms with Gasteiger partial charge in [-0.15, -0.1) is 0 Å². The lowest BCUT2D eigenvalue weighted by molar-refractivity contribution is -0.139. The average Bonchev–Trinajstić information content (AvgIpc) is 2.95. The van der Waals surface area contributed by atoms with E-state index in [0.29, 0.717) is 27.8 Å². The number of anilines is 1. The topological polar surface area (TPSA) is 96.0 Å². The van der Waals surface area contributed by atoms with Crippen molar-refractivity contribution >= 4 is 50.7 Å². The molecule has 0 bridgehead atoms. The Morgan fingerprint density at radius 1 is 1.00 bits per heavy atom. The largest absolute Gasteiger partial charge is 0.497 e. The highest BCUT2D eigenvalue weighted by Crippen LogP contribution is 2.28. The summed E-state index contributed by atoms with van der Waals surface area (Å²) in [6, 6.07) is 16.6. The van der Waals surface area contributed by atoms with Gasteiger partial charge in [0, 0.05) is 28.7 Å². The summed E-state index contributed by atoms with van der Waals surface area (Å²) in [5.41, 5.74) is 1.68. The van der Waals surface area contributed by atoms with Crippen molar-refractivity contribution in [3.63, 3.8) is 0 Å². The van der Waals surface area contributed by atoms with Gasteiger partial charge in [0.25, 0.3) is 10.0 Å². The van der Waals surface area contributed by atoms with Gasteiger partial charge in [-0.3, -0.25) is 13.9 Å². The Kier molecular flexibility index (Phi) is 11.1. The Morgan fingerprint density at radius 2 is 1.68 bits per heavy atom. The number of amides is 2. The van der Waals surface area contributed by atoms with Crippen molar-refractivity contribution in [1.29, 1.82) is 0 Å². The number of hydrogen-bond acceptors (Lipinski definition) is 5. The Labute approximate surface area is 252 Å². The molecule has 0 aliphatic heterocycles. The maximum atomic E-state index is 14.0. The summed E-state index contributed by atoms with van der Waals surface area (Å²) in [6.07, 6.45) is 0.702. The van der Waals surface area contributed by atoms with Crippen molar-refractivity contribution in [3.8, 4) is 5.75 Å². The fraction of sp³-hybridized carbons (Fsp3) is 0.333. The van der Waals surface area contributed by atoms with Crippen LogP contribution >= 0.6 is 23.2 Å². The zero-order valence-electron chi connectivity index (χ0n) is 23.7. The monoisotopic (exact) mass is 619 g/mol. The number of hydrogen-bond donors (Lipinski definition) is 1. The first kappa shape index (κ1) is 32.2. The maximum Gasteiger partial charge on any atom is 0.264 e. The molecule has 0 aliphatic carbocycles. The zero-order valence-corrected chi connectivity index (χ0v) is 26.1. The molecule has 3 aromatic carbocycles. The molecule has 0 fully saturated rings. The molecule has 2 amide bonds. The molecule has 0 saturated heterocycles. The van der Waals surface area contributed by atoms with E-state index in [-0.39, 0.29) is 29.1 Å².